The van der Waals surface area contributed by atoms with Gasteiger partial charge < -0.3 is 10.6 Å². The van der Waals surface area contributed by atoms with Crippen LogP contribution in [-0.4, -0.2) is 29.8 Å². The van der Waals surface area contributed by atoms with E-state index in [0.717, 1.165) is 5.56 Å². The number of carbonyl (C=O) groups is 2. The number of hydrogen-bond acceptors (Lipinski definition) is 2. The van der Waals surface area contributed by atoms with Gasteiger partial charge >= 0.3 is 0 Å². The summed E-state index contributed by atoms with van der Waals surface area (Å²) in [6.45, 7) is 1.93. The first-order valence-corrected chi connectivity index (χ1v) is 8.77. The molecule has 1 aliphatic heterocycles. The third-order valence-corrected chi connectivity index (χ3v) is 5.49. The van der Waals surface area contributed by atoms with E-state index >= 15 is 0 Å². The Balaban J connectivity index is 1.80. The lowest BCUT2D eigenvalue weighted by molar-refractivity contribution is -0.135. The fourth-order valence-electron chi connectivity index (χ4n) is 3.19. The molecule has 1 aliphatic rings. The number of halogens is 3. The number of hydrogen-bond donors (Lipinski definition) is 1. The van der Waals surface area contributed by atoms with Gasteiger partial charge in [0.2, 0.25) is 5.91 Å². The summed E-state index contributed by atoms with van der Waals surface area (Å²) in [7, 11) is 0. The highest BCUT2D eigenvalue weighted by Gasteiger charge is 2.50. The third-order valence-electron chi connectivity index (χ3n) is 4.75. The molecule has 2 aromatic carbocycles. The number of aryl methyl sites for hydroxylation is 1. The lowest BCUT2D eigenvalue weighted by atomic mass is 9.73. The molecule has 1 saturated heterocycles. The van der Waals surface area contributed by atoms with Gasteiger partial charge in [0.1, 0.15) is 5.82 Å². The van der Waals surface area contributed by atoms with Crippen molar-refractivity contribution in [2.75, 3.05) is 13.1 Å². The number of primary amides is 1. The molecule has 3 rings (SSSR count). The average molecular weight is 395 g/mol. The maximum Gasteiger partial charge on any atom is 0.258 e. The summed E-state index contributed by atoms with van der Waals surface area (Å²) in [6.07, 6.45) is 0.382. The van der Waals surface area contributed by atoms with Crippen molar-refractivity contribution in [3.8, 4) is 0 Å². The monoisotopic (exact) mass is 394 g/mol. The molecule has 0 radical (unpaired) electrons. The summed E-state index contributed by atoms with van der Waals surface area (Å²) < 4.78 is 14.1. The van der Waals surface area contributed by atoms with E-state index in [4.69, 9.17) is 28.9 Å². The molecule has 0 atom stereocenters. The van der Waals surface area contributed by atoms with Crippen molar-refractivity contribution in [2.45, 2.75) is 13.3 Å². The molecule has 1 heterocycles. The average Bonchev–Trinajstić information content (AvgIpc) is 2.55. The maximum atomic E-state index is 14.1. The highest BCUT2D eigenvalue weighted by molar-refractivity contribution is 6.34. The molecule has 7 heteroatoms. The smallest absolute Gasteiger partial charge is 0.258 e. The second-order valence-electron chi connectivity index (χ2n) is 6.66. The number of carbonyl (C=O) groups excluding carboxylic acids is 2. The minimum Gasteiger partial charge on any atom is -0.369 e. The summed E-state index contributed by atoms with van der Waals surface area (Å²) in [5.74, 6) is -1.71. The molecule has 0 aromatic heterocycles. The Bertz CT molecular complexity index is 878. The Labute approximate surface area is 160 Å². The molecule has 0 saturated carbocycles. The van der Waals surface area contributed by atoms with E-state index in [9.17, 15) is 14.0 Å². The summed E-state index contributed by atoms with van der Waals surface area (Å²) >= 11 is 12.0. The van der Waals surface area contributed by atoms with Crippen LogP contribution in [0, 0.1) is 18.2 Å². The Morgan fingerprint density at radius 2 is 1.77 bits per heavy atom. The van der Waals surface area contributed by atoms with Crippen LogP contribution in [0.5, 0.6) is 0 Å². The van der Waals surface area contributed by atoms with Crippen LogP contribution >= 0.6 is 23.2 Å². The molecule has 2 aromatic rings. The molecule has 0 aliphatic carbocycles. The van der Waals surface area contributed by atoms with Gasteiger partial charge in [0, 0.05) is 18.1 Å². The molecule has 4 nitrogen and oxygen atoms in total. The zero-order valence-electron chi connectivity index (χ0n) is 14.1. The normalized spacial score (nSPS) is 15.5. The van der Waals surface area contributed by atoms with Crippen molar-refractivity contribution < 1.29 is 14.0 Å². The third kappa shape index (κ3) is 3.29. The molecular weight excluding hydrogens is 378 g/mol. The Kier molecular flexibility index (Phi) is 4.95. The van der Waals surface area contributed by atoms with Gasteiger partial charge in [-0.25, -0.2) is 4.39 Å². The van der Waals surface area contributed by atoms with E-state index in [2.05, 4.69) is 0 Å². The zero-order chi connectivity index (χ0) is 19.1. The quantitative estimate of drug-likeness (QED) is 0.860. The zero-order valence-corrected chi connectivity index (χ0v) is 15.6. The largest absolute Gasteiger partial charge is 0.369 e. The Morgan fingerprint density at radius 1 is 1.15 bits per heavy atom. The molecule has 0 spiro atoms. The lowest BCUT2D eigenvalue weighted by Gasteiger charge is -2.48. The number of nitrogens with two attached hydrogens (primary N) is 1. The van der Waals surface area contributed by atoms with E-state index in [1.165, 1.54) is 17.0 Å². The topological polar surface area (TPSA) is 63.4 Å². The molecule has 2 N–H and O–H groups in total. The number of nitrogens with zero attached hydrogens (tertiary/aromatic N) is 1. The first-order chi connectivity index (χ1) is 12.2. The van der Waals surface area contributed by atoms with Crippen molar-refractivity contribution in [3.05, 3.63) is 69.0 Å². The fraction of sp³-hybridized carbons (Fsp3) is 0.263. The second kappa shape index (κ2) is 6.89. The number of amides is 2. The minimum atomic E-state index is -0.879. The van der Waals surface area contributed by atoms with Crippen LogP contribution < -0.4 is 5.73 Å². The van der Waals surface area contributed by atoms with Crippen molar-refractivity contribution in [2.24, 2.45) is 11.1 Å². The highest BCUT2D eigenvalue weighted by Crippen LogP contribution is 2.37. The number of rotatable bonds is 4. The van der Waals surface area contributed by atoms with Gasteiger partial charge in [-0.1, -0.05) is 41.4 Å². The van der Waals surface area contributed by atoms with Gasteiger partial charge in [0.05, 0.1) is 16.0 Å². The van der Waals surface area contributed by atoms with Crippen LogP contribution in [0.4, 0.5) is 4.39 Å². The Hall–Kier alpha value is -2.11. The van der Waals surface area contributed by atoms with E-state index < -0.39 is 23.0 Å². The van der Waals surface area contributed by atoms with Crippen molar-refractivity contribution >= 4 is 35.0 Å². The first-order valence-electron chi connectivity index (χ1n) is 8.02. The lowest BCUT2D eigenvalue weighted by Crippen LogP contribution is -2.65. The van der Waals surface area contributed by atoms with Crippen LogP contribution in [0.1, 0.15) is 21.5 Å². The van der Waals surface area contributed by atoms with Gasteiger partial charge in [0.25, 0.3) is 5.91 Å². The van der Waals surface area contributed by atoms with Gasteiger partial charge in [-0.05, 0) is 42.7 Å². The van der Waals surface area contributed by atoms with Crippen LogP contribution in [-0.2, 0) is 11.2 Å². The van der Waals surface area contributed by atoms with Crippen LogP contribution in [0.15, 0.2) is 36.4 Å². The molecule has 26 heavy (non-hydrogen) atoms. The van der Waals surface area contributed by atoms with E-state index in [-0.39, 0.29) is 23.7 Å². The molecule has 0 bridgehead atoms. The number of benzene rings is 2. The minimum absolute atomic E-state index is 0.0873. The van der Waals surface area contributed by atoms with E-state index in [1.807, 2.05) is 12.1 Å². The fourth-order valence-corrected chi connectivity index (χ4v) is 3.55. The van der Waals surface area contributed by atoms with Gasteiger partial charge in [0.15, 0.2) is 0 Å². The summed E-state index contributed by atoms with van der Waals surface area (Å²) in [5, 5.41) is 0.682. The first kappa shape index (κ1) is 18.7. The SMILES string of the molecule is Cc1ccc(F)c(C(=O)N2CC(Cc3ccc(Cl)cc3)(C(N)=O)C2)c1Cl. The maximum absolute atomic E-state index is 14.1. The van der Waals surface area contributed by atoms with Gasteiger partial charge in [-0.15, -0.1) is 0 Å². The van der Waals surface area contributed by atoms with Crippen LogP contribution in [0.3, 0.4) is 0 Å². The summed E-state index contributed by atoms with van der Waals surface area (Å²) in [5.41, 5.74) is 6.04. The van der Waals surface area contributed by atoms with Crippen LogP contribution in [0.25, 0.3) is 0 Å². The van der Waals surface area contributed by atoms with E-state index in [1.54, 1.807) is 19.1 Å². The summed E-state index contributed by atoms with van der Waals surface area (Å²) in [4.78, 5) is 26.1. The molecular formula is C19H17Cl2FN2O2. The van der Waals surface area contributed by atoms with E-state index in [0.29, 0.717) is 17.0 Å². The number of likely N-dealkylation sites (tertiary alicyclic amines) is 1. The Morgan fingerprint density at radius 3 is 2.35 bits per heavy atom. The van der Waals surface area contributed by atoms with Crippen molar-refractivity contribution in [1.82, 2.24) is 4.90 Å². The van der Waals surface area contributed by atoms with Gasteiger partial charge in [-0.2, -0.15) is 0 Å². The highest BCUT2D eigenvalue weighted by atomic mass is 35.5. The predicted molar refractivity (Wildman–Crippen MR) is 98.8 cm³/mol. The molecule has 2 amide bonds. The predicted octanol–water partition coefficient (Wildman–Crippen LogP) is 3.61. The molecule has 1 fully saturated rings. The van der Waals surface area contributed by atoms with Crippen molar-refractivity contribution in [3.63, 3.8) is 0 Å². The van der Waals surface area contributed by atoms with Crippen molar-refractivity contribution in [1.29, 1.82) is 0 Å². The second-order valence-corrected chi connectivity index (χ2v) is 7.48. The molecule has 0 unspecified atom stereocenters. The van der Waals surface area contributed by atoms with Crippen LogP contribution in [0.2, 0.25) is 10.0 Å². The summed E-state index contributed by atoms with van der Waals surface area (Å²) in [6, 6.07) is 9.81. The molecule has 136 valence electrons. The van der Waals surface area contributed by atoms with Gasteiger partial charge in [-0.3, -0.25) is 9.59 Å². The standard InChI is InChI=1S/C19H17Cl2FN2O2/c1-11-2-7-14(22)15(16(11)21)17(25)24-9-19(10-24,18(23)26)8-12-3-5-13(20)6-4-12/h2-7H,8-10H2,1H3,(H2,23,26).